The van der Waals surface area contributed by atoms with Gasteiger partial charge in [0.15, 0.2) is 0 Å². The number of rotatable bonds is 12. The fraction of sp³-hybridized carbons (Fsp3) is 0.867. The lowest BCUT2D eigenvalue weighted by Gasteiger charge is -2.42. The predicted octanol–water partition coefficient (Wildman–Crippen LogP) is 5.76. The zero-order valence-electron chi connectivity index (χ0n) is 16.9. The van der Waals surface area contributed by atoms with Crippen LogP contribution >= 0.6 is 0 Å². The Bertz CT molecular complexity index is 821. The number of halogens is 17. The van der Waals surface area contributed by atoms with Gasteiger partial charge in [-0.1, -0.05) is 19.8 Å². The lowest BCUT2D eigenvalue weighted by Crippen LogP contribution is -2.75. The maximum absolute atomic E-state index is 13.7. The third-order valence-electron chi connectivity index (χ3n) is 4.46. The molecule has 1 amide bonds. The van der Waals surface area contributed by atoms with Crippen molar-refractivity contribution in [3.8, 4) is 0 Å². The average molecular weight is 577 g/mol. The third-order valence-corrected chi connectivity index (χ3v) is 4.46. The first-order chi connectivity index (χ1) is 15.5. The molecule has 0 fully saturated rings. The number of carboxylic acids is 1. The number of hydrogen-bond donors (Lipinski definition) is 2. The van der Waals surface area contributed by atoms with Crippen LogP contribution in [0, 0.1) is 0 Å². The summed E-state index contributed by atoms with van der Waals surface area (Å²) in [5.74, 6) is -64.9. The van der Waals surface area contributed by atoms with E-state index < -0.39 is 72.0 Å². The van der Waals surface area contributed by atoms with Gasteiger partial charge in [-0.3, -0.25) is 4.79 Å². The van der Waals surface area contributed by atoms with Gasteiger partial charge >= 0.3 is 53.6 Å². The second kappa shape index (κ2) is 9.56. The smallest absolute Gasteiger partial charge is 0.460 e. The molecular weight excluding hydrogens is 565 g/mol. The van der Waals surface area contributed by atoms with Gasteiger partial charge in [-0.2, -0.15) is 74.6 Å². The Morgan fingerprint density at radius 2 is 0.972 bits per heavy atom. The van der Waals surface area contributed by atoms with Crippen molar-refractivity contribution in [1.29, 1.82) is 0 Å². The zero-order chi connectivity index (χ0) is 29.6. The number of alkyl halides is 17. The summed E-state index contributed by atoms with van der Waals surface area (Å²) in [7, 11) is 0. The van der Waals surface area contributed by atoms with Gasteiger partial charge in [-0.15, -0.1) is 0 Å². The summed E-state index contributed by atoms with van der Waals surface area (Å²) >= 11 is 0. The Morgan fingerprint density at radius 1 is 0.639 bits per heavy atom. The standard InChI is InChI=1S/C15H12F17NO3/c1-2-3-4-5(6(34)35)33-7(36)8(16,17)9(18,19)10(20,21)11(22,23)12(24,25)13(26,27)14(28,29)15(30,31)32/h5H,2-4H2,1H3,(H,33,36)(H,34,35). The van der Waals surface area contributed by atoms with Gasteiger partial charge in [0.25, 0.3) is 5.91 Å². The van der Waals surface area contributed by atoms with Gasteiger partial charge < -0.3 is 10.4 Å². The maximum atomic E-state index is 13.7. The fourth-order valence-corrected chi connectivity index (χ4v) is 2.22. The first-order valence-electron chi connectivity index (χ1n) is 8.79. The van der Waals surface area contributed by atoms with E-state index in [1.165, 1.54) is 6.92 Å². The summed E-state index contributed by atoms with van der Waals surface area (Å²) in [5.41, 5.74) is 0. The summed E-state index contributed by atoms with van der Waals surface area (Å²) in [5, 5.41) is 9.17. The minimum atomic E-state index is -8.82. The van der Waals surface area contributed by atoms with Gasteiger partial charge in [0.2, 0.25) is 0 Å². The molecule has 0 radical (unpaired) electrons. The molecule has 0 rings (SSSR count). The van der Waals surface area contributed by atoms with E-state index in [0.29, 0.717) is 5.32 Å². The molecule has 0 aromatic carbocycles. The normalized spacial score (nSPS) is 16.1. The average Bonchev–Trinajstić information content (AvgIpc) is 2.68. The largest absolute Gasteiger partial charge is 0.480 e. The molecule has 2 N–H and O–H groups in total. The Labute approximate surface area is 187 Å². The minimum absolute atomic E-state index is 0.0440. The topological polar surface area (TPSA) is 66.4 Å². The van der Waals surface area contributed by atoms with Crippen LogP contribution in [0.2, 0.25) is 0 Å². The number of aliphatic carboxylic acids is 1. The molecular formula is C15H12F17NO3. The van der Waals surface area contributed by atoms with Gasteiger partial charge in [-0.25, -0.2) is 4.79 Å². The van der Waals surface area contributed by atoms with Gasteiger partial charge in [0, 0.05) is 0 Å². The molecule has 0 aromatic heterocycles. The Balaban J connectivity index is 6.64. The van der Waals surface area contributed by atoms with Crippen molar-refractivity contribution in [2.24, 2.45) is 0 Å². The molecule has 0 aliphatic rings. The first kappa shape index (κ1) is 33.8. The molecule has 36 heavy (non-hydrogen) atoms. The molecule has 1 atom stereocenters. The molecule has 1 unspecified atom stereocenters. The van der Waals surface area contributed by atoms with E-state index in [4.69, 9.17) is 5.11 Å². The Morgan fingerprint density at radius 3 is 1.28 bits per heavy atom. The molecule has 214 valence electrons. The van der Waals surface area contributed by atoms with Crippen molar-refractivity contribution in [2.45, 2.75) is 79.9 Å². The summed E-state index contributed by atoms with van der Waals surface area (Å²) in [4.78, 5) is 22.1. The van der Waals surface area contributed by atoms with E-state index >= 15 is 0 Å². The van der Waals surface area contributed by atoms with Crippen LogP contribution in [0.25, 0.3) is 0 Å². The first-order valence-corrected chi connectivity index (χ1v) is 8.79. The highest BCUT2D eigenvalue weighted by atomic mass is 19.4. The van der Waals surface area contributed by atoms with Crippen molar-refractivity contribution in [1.82, 2.24) is 5.32 Å². The Kier molecular flexibility index (Phi) is 8.97. The number of carboxylic acid groups (broad SMARTS) is 1. The van der Waals surface area contributed by atoms with E-state index in [9.17, 15) is 84.2 Å². The second-order valence-corrected chi connectivity index (χ2v) is 7.03. The number of amides is 1. The van der Waals surface area contributed by atoms with Crippen LogP contribution in [0.1, 0.15) is 26.2 Å². The van der Waals surface area contributed by atoms with Gasteiger partial charge in [0.1, 0.15) is 6.04 Å². The van der Waals surface area contributed by atoms with E-state index in [2.05, 4.69) is 0 Å². The van der Waals surface area contributed by atoms with Crippen LogP contribution in [-0.2, 0) is 9.59 Å². The molecule has 0 spiro atoms. The molecule has 0 bridgehead atoms. The van der Waals surface area contributed by atoms with E-state index in [1.807, 2.05) is 0 Å². The fourth-order valence-electron chi connectivity index (χ4n) is 2.22. The molecule has 0 saturated carbocycles. The zero-order valence-corrected chi connectivity index (χ0v) is 16.9. The molecule has 0 aromatic rings. The molecule has 21 heteroatoms. The highest BCUT2D eigenvalue weighted by Gasteiger charge is 2.95. The summed E-state index contributed by atoms with van der Waals surface area (Å²) in [6.45, 7) is 1.32. The van der Waals surface area contributed by atoms with Gasteiger partial charge in [0.05, 0.1) is 0 Å². The van der Waals surface area contributed by atoms with E-state index in [-0.39, 0.29) is 12.8 Å². The SMILES string of the molecule is CCCCC(NC(=O)C(F)(F)C(F)(F)C(F)(F)C(F)(F)C(F)(F)C(F)(F)C(F)(F)C(F)(F)F)C(=O)O. The van der Waals surface area contributed by atoms with Crippen molar-refractivity contribution < 1.29 is 89.3 Å². The quantitative estimate of drug-likeness (QED) is 0.291. The van der Waals surface area contributed by atoms with Crippen molar-refractivity contribution in [3.63, 3.8) is 0 Å². The van der Waals surface area contributed by atoms with Gasteiger partial charge in [-0.05, 0) is 6.42 Å². The second-order valence-electron chi connectivity index (χ2n) is 7.03. The van der Waals surface area contributed by atoms with Crippen molar-refractivity contribution in [3.05, 3.63) is 0 Å². The molecule has 0 saturated heterocycles. The lowest BCUT2D eigenvalue weighted by atomic mass is 9.88. The van der Waals surface area contributed by atoms with Crippen molar-refractivity contribution in [2.75, 3.05) is 0 Å². The third kappa shape index (κ3) is 4.84. The Hall–Kier alpha value is -2.25. The highest BCUT2D eigenvalue weighted by Crippen LogP contribution is 2.63. The lowest BCUT2D eigenvalue weighted by molar-refractivity contribution is -0.459. The minimum Gasteiger partial charge on any atom is -0.480 e. The summed E-state index contributed by atoms with van der Waals surface area (Å²) in [6, 6.07) is -2.59. The molecule has 4 nitrogen and oxygen atoms in total. The maximum Gasteiger partial charge on any atom is 0.460 e. The van der Waals surface area contributed by atoms with E-state index in [1.54, 1.807) is 0 Å². The number of hydrogen-bond acceptors (Lipinski definition) is 2. The predicted molar refractivity (Wildman–Crippen MR) is 79.8 cm³/mol. The highest BCUT2D eigenvalue weighted by molar-refractivity contribution is 5.89. The number of unbranched alkanes of at least 4 members (excludes halogenated alkanes) is 1. The van der Waals surface area contributed by atoms with Crippen LogP contribution in [-0.4, -0.2) is 70.7 Å². The van der Waals surface area contributed by atoms with Crippen molar-refractivity contribution >= 4 is 11.9 Å². The monoisotopic (exact) mass is 577 g/mol. The summed E-state index contributed by atoms with van der Waals surface area (Å²) < 4.78 is 224. The van der Waals surface area contributed by atoms with Crippen LogP contribution in [0.15, 0.2) is 0 Å². The molecule has 0 aliphatic carbocycles. The number of carbonyl (C=O) groups excluding carboxylic acids is 1. The van der Waals surface area contributed by atoms with E-state index in [0.717, 1.165) is 0 Å². The van der Waals surface area contributed by atoms with Crippen LogP contribution < -0.4 is 5.32 Å². The summed E-state index contributed by atoms with van der Waals surface area (Å²) in [6.07, 6.45) is -8.98. The van der Waals surface area contributed by atoms with Crippen LogP contribution in [0.5, 0.6) is 0 Å². The number of carbonyl (C=O) groups is 2. The molecule has 0 aliphatic heterocycles. The van der Waals surface area contributed by atoms with Crippen LogP contribution in [0.3, 0.4) is 0 Å². The number of nitrogens with one attached hydrogen (secondary N) is 1. The van der Waals surface area contributed by atoms with Crippen LogP contribution in [0.4, 0.5) is 74.6 Å². The molecule has 0 heterocycles.